The molecule has 0 bridgehead atoms. The van der Waals surface area contributed by atoms with Crippen LogP contribution in [-0.4, -0.2) is 40.0 Å². The standard InChI is InChI=1S/C42H32.O4Si4/c1-5-16-32(17-6-1)41(33-18-7-2-8-19-33)30-29-39-38-26-25-31-15-13-14-24-36(31)37(38)27-28-40(39)42(41,34-20-9-3-10-21-34)35-22-11-4-12-23-35;1-5-2-7-4-8-3-6-1/h1-28H,29-30H2;. The van der Waals surface area contributed by atoms with E-state index in [4.69, 9.17) is 16.5 Å². The Morgan fingerprint density at radius 1 is 0.380 bits per heavy atom. The van der Waals surface area contributed by atoms with Crippen molar-refractivity contribution in [3.8, 4) is 0 Å². The van der Waals surface area contributed by atoms with Crippen LogP contribution in [0.15, 0.2) is 170 Å². The second kappa shape index (κ2) is 14.9. The van der Waals surface area contributed by atoms with Gasteiger partial charge in [0.2, 0.25) is 0 Å². The fourth-order valence-electron chi connectivity index (χ4n) is 8.33. The summed E-state index contributed by atoms with van der Waals surface area (Å²) in [5.41, 5.74) is 7.42. The lowest BCUT2D eigenvalue weighted by molar-refractivity contribution is 0.312. The molecule has 9 rings (SSSR count). The fourth-order valence-corrected chi connectivity index (χ4v) is 11.0. The van der Waals surface area contributed by atoms with E-state index >= 15 is 0 Å². The fraction of sp³-hybridized carbons (Fsp3) is 0.0952. The van der Waals surface area contributed by atoms with Gasteiger partial charge in [0.15, 0.2) is 0 Å². The molecule has 7 aromatic rings. The number of aryl methyl sites for hydroxylation is 1. The molecular weight excluding hydrogens is 681 g/mol. The monoisotopic (exact) mass is 712 g/mol. The lowest BCUT2D eigenvalue weighted by Gasteiger charge is -2.56. The van der Waals surface area contributed by atoms with Gasteiger partial charge in [-0.2, -0.15) is 0 Å². The molecule has 0 spiro atoms. The first-order chi connectivity index (χ1) is 24.8. The Hall–Kier alpha value is -4.23. The van der Waals surface area contributed by atoms with Crippen LogP contribution in [0.4, 0.5) is 0 Å². The van der Waals surface area contributed by atoms with E-state index < -0.39 is 5.41 Å². The van der Waals surface area contributed by atoms with Crippen molar-refractivity contribution in [2.45, 2.75) is 23.7 Å². The molecule has 8 radical (unpaired) electrons. The van der Waals surface area contributed by atoms with Crippen LogP contribution in [-0.2, 0) is 33.7 Å². The first-order valence-corrected chi connectivity index (χ1v) is 19.9. The highest BCUT2D eigenvalue weighted by molar-refractivity contribution is 6.50. The Balaban J connectivity index is 0.000000400. The molecule has 0 amide bonds. The zero-order chi connectivity index (χ0) is 33.6. The third-order valence-corrected chi connectivity index (χ3v) is 12.8. The molecule has 4 nitrogen and oxygen atoms in total. The smallest absolute Gasteiger partial charge is 0.412 e. The van der Waals surface area contributed by atoms with Crippen LogP contribution in [0.2, 0.25) is 0 Å². The van der Waals surface area contributed by atoms with Gasteiger partial charge in [-0.25, -0.2) is 0 Å². The highest BCUT2D eigenvalue weighted by Crippen LogP contribution is 2.62. The Kier molecular flexibility index (Phi) is 9.84. The minimum atomic E-state index is -0.467. The molecule has 240 valence electrons. The molecule has 1 aliphatic carbocycles. The third-order valence-electron chi connectivity index (χ3n) is 10.1. The van der Waals surface area contributed by atoms with E-state index in [1.54, 1.807) is 0 Å². The summed E-state index contributed by atoms with van der Waals surface area (Å²) >= 11 is 0. The lowest BCUT2D eigenvalue weighted by atomic mass is 9.45. The molecular formula is C42H32O4Si4. The number of rotatable bonds is 4. The first kappa shape index (κ1) is 32.9. The second-order valence-electron chi connectivity index (χ2n) is 12.3. The molecule has 50 heavy (non-hydrogen) atoms. The van der Waals surface area contributed by atoms with E-state index in [9.17, 15) is 0 Å². The molecule has 1 heterocycles. The summed E-state index contributed by atoms with van der Waals surface area (Å²) < 4.78 is 19.3. The van der Waals surface area contributed by atoms with E-state index in [2.05, 4.69) is 170 Å². The van der Waals surface area contributed by atoms with E-state index in [1.165, 1.54) is 54.9 Å². The van der Waals surface area contributed by atoms with Crippen LogP contribution in [0, 0.1) is 0 Å². The molecule has 0 saturated carbocycles. The van der Waals surface area contributed by atoms with Crippen LogP contribution in [0.25, 0.3) is 21.5 Å². The summed E-state index contributed by atoms with van der Waals surface area (Å²) in [4.78, 5) is 0. The predicted octanol–water partition coefficient (Wildman–Crippen LogP) is 8.46. The van der Waals surface area contributed by atoms with Crippen molar-refractivity contribution >= 4 is 61.6 Å². The van der Waals surface area contributed by atoms with Crippen molar-refractivity contribution in [3.05, 3.63) is 203 Å². The Morgan fingerprint density at radius 3 is 1.34 bits per heavy atom. The minimum absolute atomic E-state index is 0.0694. The highest BCUT2D eigenvalue weighted by Gasteiger charge is 2.59. The zero-order valence-corrected chi connectivity index (χ0v) is 31.2. The normalized spacial score (nSPS) is 16.7. The summed E-state index contributed by atoms with van der Waals surface area (Å²) in [6.45, 7) is 0. The van der Waals surface area contributed by atoms with Crippen LogP contribution in [0.5, 0.6) is 0 Å². The molecule has 0 atom stereocenters. The average molecular weight is 713 g/mol. The Bertz CT molecular complexity index is 2080. The lowest BCUT2D eigenvalue weighted by Crippen LogP contribution is -2.54. The average Bonchev–Trinajstić information content (AvgIpc) is 3.18. The van der Waals surface area contributed by atoms with Crippen molar-refractivity contribution in [3.63, 3.8) is 0 Å². The molecule has 0 aromatic heterocycles. The summed E-state index contributed by atoms with van der Waals surface area (Å²) in [6.07, 6.45) is 1.99. The van der Waals surface area contributed by atoms with Gasteiger partial charge in [-0.1, -0.05) is 170 Å². The van der Waals surface area contributed by atoms with Crippen LogP contribution in [0.3, 0.4) is 0 Å². The number of hydrogen-bond acceptors (Lipinski definition) is 4. The molecule has 1 fully saturated rings. The Morgan fingerprint density at radius 2 is 0.820 bits per heavy atom. The quantitative estimate of drug-likeness (QED) is 0.136. The zero-order valence-electron chi connectivity index (χ0n) is 27.2. The largest absolute Gasteiger partial charge is 0.412 e. The molecule has 1 aliphatic heterocycles. The van der Waals surface area contributed by atoms with Crippen LogP contribution < -0.4 is 0 Å². The molecule has 1 saturated heterocycles. The Labute approximate surface area is 303 Å². The van der Waals surface area contributed by atoms with E-state index in [0.29, 0.717) is 0 Å². The van der Waals surface area contributed by atoms with Gasteiger partial charge in [-0.3, -0.25) is 0 Å². The van der Waals surface area contributed by atoms with E-state index in [1.807, 2.05) is 0 Å². The molecule has 7 aromatic carbocycles. The van der Waals surface area contributed by atoms with Crippen molar-refractivity contribution in [1.82, 2.24) is 0 Å². The van der Waals surface area contributed by atoms with Gasteiger partial charge in [0.1, 0.15) is 0 Å². The predicted molar refractivity (Wildman–Crippen MR) is 204 cm³/mol. The van der Waals surface area contributed by atoms with Gasteiger partial charge in [0.05, 0.1) is 5.41 Å². The first-order valence-electron chi connectivity index (χ1n) is 16.6. The van der Waals surface area contributed by atoms with Gasteiger partial charge in [-0.05, 0) is 67.8 Å². The van der Waals surface area contributed by atoms with Gasteiger partial charge in [0.25, 0.3) is 0 Å². The van der Waals surface area contributed by atoms with Gasteiger partial charge in [0, 0.05) is 5.41 Å². The van der Waals surface area contributed by atoms with Gasteiger partial charge in [-0.15, -0.1) is 0 Å². The molecule has 0 unspecified atom stereocenters. The summed E-state index contributed by atoms with van der Waals surface area (Å²) in [7, 11) is 0.278. The SMILES string of the molecule is O1[Si]O[Si]O[Si]O[Si]1.c1ccc(C2(c3ccccc3)CCc3c(ccc4c3ccc3ccccc34)C2(c2ccccc2)c2ccccc2)cc1. The topological polar surface area (TPSA) is 36.9 Å². The molecule has 0 N–H and O–H groups in total. The van der Waals surface area contributed by atoms with Gasteiger partial charge < -0.3 is 16.5 Å². The van der Waals surface area contributed by atoms with E-state index in [-0.39, 0.29) is 45.4 Å². The van der Waals surface area contributed by atoms with E-state index in [0.717, 1.165) is 12.8 Å². The minimum Gasteiger partial charge on any atom is -0.412 e. The van der Waals surface area contributed by atoms with Crippen molar-refractivity contribution in [1.29, 1.82) is 0 Å². The maximum atomic E-state index is 4.82. The van der Waals surface area contributed by atoms with Crippen LogP contribution >= 0.6 is 0 Å². The maximum Gasteiger partial charge on any atom is 0.412 e. The number of fused-ring (bicyclic) bond motifs is 5. The third kappa shape index (κ3) is 5.77. The maximum absolute atomic E-state index is 4.82. The summed E-state index contributed by atoms with van der Waals surface area (Å²) in [6, 6.07) is 63.4. The molecule has 8 heteroatoms. The number of benzene rings is 7. The van der Waals surface area contributed by atoms with Crippen LogP contribution in [0.1, 0.15) is 39.8 Å². The highest BCUT2D eigenvalue weighted by atomic mass is 28.4. The summed E-state index contributed by atoms with van der Waals surface area (Å²) in [5, 5.41) is 5.33. The second-order valence-corrected chi connectivity index (χ2v) is 16.3. The number of hydrogen-bond donors (Lipinski definition) is 0. The summed E-state index contributed by atoms with van der Waals surface area (Å²) in [5.74, 6) is 0. The van der Waals surface area contributed by atoms with Crippen molar-refractivity contribution in [2.75, 3.05) is 0 Å². The van der Waals surface area contributed by atoms with Crippen molar-refractivity contribution < 1.29 is 16.5 Å². The molecule has 2 aliphatic rings. The van der Waals surface area contributed by atoms with Gasteiger partial charge >= 0.3 is 40.0 Å². The van der Waals surface area contributed by atoms with Crippen molar-refractivity contribution in [2.24, 2.45) is 0 Å².